The third-order valence-corrected chi connectivity index (χ3v) is 8.99. The molecular formula is C37H76. The van der Waals surface area contributed by atoms with E-state index in [1.807, 2.05) is 0 Å². The normalized spacial score (nSPS) is 13.3. The van der Waals surface area contributed by atoms with Crippen molar-refractivity contribution in [2.45, 2.75) is 227 Å². The van der Waals surface area contributed by atoms with Crippen LogP contribution in [-0.2, 0) is 0 Å². The van der Waals surface area contributed by atoms with Crippen LogP contribution < -0.4 is 0 Å². The van der Waals surface area contributed by atoms with Gasteiger partial charge in [-0.2, -0.15) is 0 Å². The van der Waals surface area contributed by atoms with Crippen molar-refractivity contribution in [3.8, 4) is 0 Å². The molecule has 0 rings (SSSR count). The fourth-order valence-electron chi connectivity index (χ4n) is 6.12. The van der Waals surface area contributed by atoms with Crippen LogP contribution in [-0.4, -0.2) is 0 Å². The predicted octanol–water partition coefficient (Wildman–Crippen LogP) is 14.4. The molecule has 0 aromatic rings. The zero-order chi connectivity index (χ0) is 27.1. The minimum Gasteiger partial charge on any atom is -0.0654 e. The van der Waals surface area contributed by atoms with Crippen molar-refractivity contribution in [3.63, 3.8) is 0 Å². The van der Waals surface area contributed by atoms with Crippen LogP contribution >= 0.6 is 0 Å². The Morgan fingerprint density at radius 1 is 0.243 bits per heavy atom. The summed E-state index contributed by atoms with van der Waals surface area (Å²) >= 11 is 0. The van der Waals surface area contributed by atoms with Crippen molar-refractivity contribution in [1.82, 2.24) is 0 Å². The lowest BCUT2D eigenvalue weighted by molar-refractivity contribution is 0.407. The first-order valence-electron chi connectivity index (χ1n) is 18.2. The van der Waals surface area contributed by atoms with Crippen molar-refractivity contribution in [1.29, 1.82) is 0 Å². The molecule has 0 heteroatoms. The smallest absolute Gasteiger partial charge is 0.0443 e. The van der Waals surface area contributed by atoms with Crippen molar-refractivity contribution < 1.29 is 0 Å². The highest BCUT2D eigenvalue weighted by molar-refractivity contribution is 4.59. The minimum absolute atomic E-state index is 0.960. The molecular weight excluding hydrogens is 444 g/mol. The maximum Gasteiger partial charge on any atom is -0.0443 e. The summed E-state index contributed by atoms with van der Waals surface area (Å²) in [7, 11) is 0. The van der Waals surface area contributed by atoms with Crippen LogP contribution in [0.25, 0.3) is 0 Å². The highest BCUT2D eigenvalue weighted by Gasteiger charge is 2.05. The van der Waals surface area contributed by atoms with Crippen molar-refractivity contribution >= 4 is 0 Å². The molecule has 37 heavy (non-hydrogen) atoms. The summed E-state index contributed by atoms with van der Waals surface area (Å²) in [6, 6.07) is 0. The average molecular weight is 521 g/mol. The lowest BCUT2D eigenvalue weighted by Crippen LogP contribution is -1.97. The lowest BCUT2D eigenvalue weighted by atomic mass is 9.93. The molecule has 0 saturated carbocycles. The highest BCUT2D eigenvalue weighted by atomic mass is 14.1. The highest BCUT2D eigenvalue weighted by Crippen LogP contribution is 2.21. The molecule has 0 aromatic heterocycles. The molecule has 0 N–H and O–H groups in total. The standard InChI is InChI=1S/C37H76/c1-5-7-9-11-13-15-16-17-18-19-20-21-22-24-26-29-33-37(4)35-31-27-30-34-36(3)32-28-25-23-14-12-10-8-6-2/h36-37H,5-35H2,1-4H3. The second-order valence-electron chi connectivity index (χ2n) is 13.2. The van der Waals surface area contributed by atoms with Gasteiger partial charge in [0, 0.05) is 0 Å². The molecule has 2 unspecified atom stereocenters. The van der Waals surface area contributed by atoms with Crippen LogP contribution in [0.15, 0.2) is 0 Å². The Kier molecular flexibility index (Phi) is 32.2. The quantitative estimate of drug-likeness (QED) is 0.0773. The van der Waals surface area contributed by atoms with E-state index in [-0.39, 0.29) is 0 Å². The first-order valence-corrected chi connectivity index (χ1v) is 18.2. The van der Waals surface area contributed by atoms with E-state index in [4.69, 9.17) is 0 Å². The topological polar surface area (TPSA) is 0 Å². The van der Waals surface area contributed by atoms with Gasteiger partial charge < -0.3 is 0 Å². The largest absolute Gasteiger partial charge is 0.0654 e. The summed E-state index contributed by atoms with van der Waals surface area (Å²) in [4.78, 5) is 0. The van der Waals surface area contributed by atoms with E-state index in [0.29, 0.717) is 0 Å². The van der Waals surface area contributed by atoms with E-state index in [0.717, 1.165) is 11.8 Å². The van der Waals surface area contributed by atoms with Gasteiger partial charge in [-0.3, -0.25) is 0 Å². The molecule has 0 aliphatic carbocycles. The van der Waals surface area contributed by atoms with Crippen LogP contribution in [0.3, 0.4) is 0 Å². The van der Waals surface area contributed by atoms with Gasteiger partial charge in [-0.15, -0.1) is 0 Å². The maximum atomic E-state index is 2.51. The summed E-state index contributed by atoms with van der Waals surface area (Å²) in [5.74, 6) is 1.92. The molecule has 0 spiro atoms. The van der Waals surface area contributed by atoms with Gasteiger partial charge in [0.2, 0.25) is 0 Å². The van der Waals surface area contributed by atoms with Crippen molar-refractivity contribution in [3.05, 3.63) is 0 Å². The molecule has 0 aliphatic rings. The summed E-state index contributed by atoms with van der Waals surface area (Å²) in [5.41, 5.74) is 0. The molecule has 0 fully saturated rings. The number of unbranched alkanes of at least 4 members (excludes halogenated alkanes) is 24. The molecule has 0 amide bonds. The zero-order valence-corrected chi connectivity index (χ0v) is 27.1. The molecule has 224 valence electrons. The van der Waals surface area contributed by atoms with E-state index in [9.17, 15) is 0 Å². The molecule has 0 bridgehead atoms. The fraction of sp³-hybridized carbons (Fsp3) is 1.00. The Morgan fingerprint density at radius 3 is 0.622 bits per heavy atom. The number of hydrogen-bond donors (Lipinski definition) is 0. The molecule has 0 nitrogen and oxygen atoms in total. The molecule has 0 heterocycles. The Labute approximate surface area is 238 Å². The molecule has 0 aromatic carbocycles. The number of rotatable bonds is 32. The lowest BCUT2D eigenvalue weighted by Gasteiger charge is -2.13. The summed E-state index contributed by atoms with van der Waals surface area (Å²) in [5, 5.41) is 0. The van der Waals surface area contributed by atoms with E-state index >= 15 is 0 Å². The average Bonchev–Trinajstić information content (AvgIpc) is 2.89. The second kappa shape index (κ2) is 32.2. The van der Waals surface area contributed by atoms with Crippen molar-refractivity contribution in [2.75, 3.05) is 0 Å². The predicted molar refractivity (Wildman–Crippen MR) is 173 cm³/mol. The fourth-order valence-corrected chi connectivity index (χ4v) is 6.12. The van der Waals surface area contributed by atoms with E-state index in [1.54, 1.807) is 0 Å². The third-order valence-electron chi connectivity index (χ3n) is 8.99. The van der Waals surface area contributed by atoms with Gasteiger partial charge in [0.05, 0.1) is 0 Å². The van der Waals surface area contributed by atoms with Crippen LogP contribution in [0.4, 0.5) is 0 Å². The minimum atomic E-state index is 0.960. The van der Waals surface area contributed by atoms with Gasteiger partial charge in [-0.1, -0.05) is 227 Å². The summed E-state index contributed by atoms with van der Waals surface area (Å²) in [6.07, 6.45) is 45.6. The second-order valence-corrected chi connectivity index (χ2v) is 13.2. The molecule has 0 saturated heterocycles. The zero-order valence-electron chi connectivity index (χ0n) is 27.1. The maximum absolute atomic E-state index is 2.51. The van der Waals surface area contributed by atoms with E-state index in [2.05, 4.69) is 27.7 Å². The van der Waals surface area contributed by atoms with Crippen LogP contribution in [0.1, 0.15) is 227 Å². The van der Waals surface area contributed by atoms with Gasteiger partial charge >= 0.3 is 0 Å². The Morgan fingerprint density at radius 2 is 0.405 bits per heavy atom. The Hall–Kier alpha value is 0. The summed E-state index contributed by atoms with van der Waals surface area (Å²) in [6.45, 7) is 9.63. The Bertz CT molecular complexity index is 385. The first-order chi connectivity index (χ1) is 18.2. The molecule has 0 aliphatic heterocycles. The van der Waals surface area contributed by atoms with Crippen LogP contribution in [0.5, 0.6) is 0 Å². The van der Waals surface area contributed by atoms with E-state index < -0.39 is 0 Å². The number of hydrogen-bond acceptors (Lipinski definition) is 0. The van der Waals surface area contributed by atoms with Crippen LogP contribution in [0.2, 0.25) is 0 Å². The Balaban J connectivity index is 3.23. The molecule has 0 radical (unpaired) electrons. The van der Waals surface area contributed by atoms with Gasteiger partial charge in [0.1, 0.15) is 0 Å². The van der Waals surface area contributed by atoms with Gasteiger partial charge in [0.25, 0.3) is 0 Å². The monoisotopic (exact) mass is 521 g/mol. The van der Waals surface area contributed by atoms with E-state index in [1.165, 1.54) is 199 Å². The van der Waals surface area contributed by atoms with Gasteiger partial charge in [0.15, 0.2) is 0 Å². The third kappa shape index (κ3) is 32.1. The first kappa shape index (κ1) is 37.0. The van der Waals surface area contributed by atoms with Gasteiger partial charge in [-0.25, -0.2) is 0 Å². The molecule has 2 atom stereocenters. The summed E-state index contributed by atoms with van der Waals surface area (Å²) < 4.78 is 0. The SMILES string of the molecule is CCCCCCCCCCCCCCCCCCC(C)CCCCCC(C)CCCCCCCCCC. The van der Waals surface area contributed by atoms with Crippen LogP contribution in [0, 0.1) is 11.8 Å². The van der Waals surface area contributed by atoms with Gasteiger partial charge in [-0.05, 0) is 11.8 Å². The van der Waals surface area contributed by atoms with Crippen molar-refractivity contribution in [2.24, 2.45) is 11.8 Å².